The van der Waals surface area contributed by atoms with Gasteiger partial charge in [0.1, 0.15) is 0 Å². The Hall–Kier alpha value is -1.51. The number of nitrogens with one attached hydrogen (secondary N) is 1. The molecule has 3 heteroatoms. The first-order valence-electron chi connectivity index (χ1n) is 6.84. The van der Waals surface area contributed by atoms with Crippen molar-refractivity contribution in [3.05, 3.63) is 75.7 Å². The van der Waals surface area contributed by atoms with Crippen molar-refractivity contribution in [3.63, 3.8) is 0 Å². The minimum atomic E-state index is 0.159. The molecule has 0 heterocycles. The van der Waals surface area contributed by atoms with Crippen molar-refractivity contribution in [3.8, 4) is 0 Å². The number of anilines is 1. The average Bonchev–Trinajstić information content (AvgIpc) is 2.48. The molecule has 1 atom stereocenters. The van der Waals surface area contributed by atoms with E-state index in [1.165, 1.54) is 10.8 Å². The van der Waals surface area contributed by atoms with E-state index >= 15 is 0 Å². The van der Waals surface area contributed by atoms with E-state index < -0.39 is 0 Å². The van der Waals surface area contributed by atoms with E-state index in [1.54, 1.807) is 0 Å². The fourth-order valence-corrected chi connectivity index (χ4v) is 3.14. The Morgan fingerprint density at radius 2 is 1.67 bits per heavy atom. The third kappa shape index (κ3) is 3.22. The van der Waals surface area contributed by atoms with Crippen LogP contribution in [0.15, 0.2) is 65.1 Å². The molecule has 21 heavy (non-hydrogen) atoms. The van der Waals surface area contributed by atoms with Crippen LogP contribution in [0, 0.1) is 0 Å². The summed E-state index contributed by atoms with van der Waals surface area (Å²) in [6.45, 7) is 2.12. The molecule has 0 radical (unpaired) electrons. The normalized spacial score (nSPS) is 12.3. The fourth-order valence-electron chi connectivity index (χ4n) is 2.46. The van der Waals surface area contributed by atoms with Crippen molar-refractivity contribution in [1.82, 2.24) is 0 Å². The Kier molecular flexibility index (Phi) is 4.18. The van der Waals surface area contributed by atoms with Crippen molar-refractivity contribution >= 4 is 44.0 Å². The summed E-state index contributed by atoms with van der Waals surface area (Å²) in [6, 6.07) is 20.8. The number of hydrogen-bond donors (Lipinski definition) is 1. The van der Waals surface area contributed by atoms with Gasteiger partial charge in [0.25, 0.3) is 0 Å². The van der Waals surface area contributed by atoms with Crippen LogP contribution in [0.25, 0.3) is 10.8 Å². The van der Waals surface area contributed by atoms with E-state index in [0.717, 1.165) is 20.7 Å². The van der Waals surface area contributed by atoms with Gasteiger partial charge in [-0.05, 0) is 53.6 Å². The summed E-state index contributed by atoms with van der Waals surface area (Å²) in [4.78, 5) is 0. The number of halogens is 2. The van der Waals surface area contributed by atoms with E-state index in [-0.39, 0.29) is 6.04 Å². The second-order valence-corrected chi connectivity index (χ2v) is 6.42. The van der Waals surface area contributed by atoms with Crippen LogP contribution in [0.4, 0.5) is 5.69 Å². The fraction of sp³-hybridized carbons (Fsp3) is 0.111. The van der Waals surface area contributed by atoms with Crippen LogP contribution < -0.4 is 5.32 Å². The molecule has 0 aromatic heterocycles. The quantitative estimate of drug-likeness (QED) is 0.567. The second-order valence-electron chi connectivity index (χ2n) is 5.09. The lowest BCUT2D eigenvalue weighted by Gasteiger charge is -2.17. The molecule has 1 N–H and O–H groups in total. The van der Waals surface area contributed by atoms with Gasteiger partial charge in [-0.1, -0.05) is 57.9 Å². The van der Waals surface area contributed by atoms with Gasteiger partial charge in [-0.25, -0.2) is 0 Å². The molecule has 106 valence electrons. The lowest BCUT2D eigenvalue weighted by molar-refractivity contribution is 0.885. The Labute approximate surface area is 138 Å². The van der Waals surface area contributed by atoms with Crippen LogP contribution >= 0.6 is 27.5 Å². The summed E-state index contributed by atoms with van der Waals surface area (Å²) < 4.78 is 1.10. The van der Waals surface area contributed by atoms with Crippen LogP contribution in [0.1, 0.15) is 18.5 Å². The first-order chi connectivity index (χ1) is 10.1. The molecule has 0 amide bonds. The van der Waals surface area contributed by atoms with Crippen LogP contribution in [0.3, 0.4) is 0 Å². The van der Waals surface area contributed by atoms with Crippen molar-refractivity contribution in [2.45, 2.75) is 13.0 Å². The van der Waals surface area contributed by atoms with Gasteiger partial charge in [0.05, 0.1) is 0 Å². The van der Waals surface area contributed by atoms with Crippen LogP contribution in [0.5, 0.6) is 0 Å². The Bertz CT molecular complexity index is 785. The third-order valence-corrected chi connectivity index (χ3v) is 4.39. The van der Waals surface area contributed by atoms with E-state index in [2.05, 4.69) is 70.6 Å². The molecular weight excluding hydrogens is 346 g/mol. The van der Waals surface area contributed by atoms with Crippen molar-refractivity contribution in [2.24, 2.45) is 0 Å². The standard InChI is InChI=1S/C18H15BrClN/c1-12(17-4-2-3-5-18(17)20)21-16-9-7-13-10-15(19)8-6-14(13)11-16/h2-12,21H,1H3. The highest BCUT2D eigenvalue weighted by Gasteiger charge is 2.09. The van der Waals surface area contributed by atoms with Gasteiger partial charge in [0.15, 0.2) is 0 Å². The molecule has 3 rings (SSSR count). The van der Waals surface area contributed by atoms with E-state index in [4.69, 9.17) is 11.6 Å². The van der Waals surface area contributed by atoms with Crippen LogP contribution in [-0.4, -0.2) is 0 Å². The van der Waals surface area contributed by atoms with Gasteiger partial charge in [-0.2, -0.15) is 0 Å². The maximum absolute atomic E-state index is 6.25. The molecule has 0 spiro atoms. The monoisotopic (exact) mass is 359 g/mol. The lowest BCUT2D eigenvalue weighted by atomic mass is 10.1. The summed E-state index contributed by atoms with van der Waals surface area (Å²) in [6.07, 6.45) is 0. The predicted molar refractivity (Wildman–Crippen MR) is 95.1 cm³/mol. The number of fused-ring (bicyclic) bond motifs is 1. The Morgan fingerprint density at radius 3 is 2.48 bits per heavy atom. The highest BCUT2D eigenvalue weighted by Crippen LogP contribution is 2.28. The minimum Gasteiger partial charge on any atom is -0.378 e. The maximum Gasteiger partial charge on any atom is 0.0500 e. The molecule has 0 bridgehead atoms. The largest absolute Gasteiger partial charge is 0.378 e. The van der Waals surface area contributed by atoms with Gasteiger partial charge in [-0.15, -0.1) is 0 Å². The van der Waals surface area contributed by atoms with Crippen molar-refractivity contribution in [2.75, 3.05) is 5.32 Å². The highest BCUT2D eigenvalue weighted by atomic mass is 79.9. The first kappa shape index (κ1) is 14.4. The van der Waals surface area contributed by atoms with E-state index in [9.17, 15) is 0 Å². The minimum absolute atomic E-state index is 0.159. The SMILES string of the molecule is CC(Nc1ccc2cc(Br)ccc2c1)c1ccccc1Cl. The predicted octanol–water partition coefficient (Wildman–Crippen LogP) is 6.43. The number of hydrogen-bond acceptors (Lipinski definition) is 1. The Balaban J connectivity index is 1.88. The molecule has 0 fully saturated rings. The summed E-state index contributed by atoms with van der Waals surface area (Å²) in [5, 5.41) is 6.74. The zero-order valence-corrected chi connectivity index (χ0v) is 13.9. The summed E-state index contributed by atoms with van der Waals surface area (Å²) in [5.41, 5.74) is 2.20. The van der Waals surface area contributed by atoms with Gasteiger partial charge in [0, 0.05) is 21.2 Å². The lowest BCUT2D eigenvalue weighted by Crippen LogP contribution is -2.06. The topological polar surface area (TPSA) is 12.0 Å². The zero-order chi connectivity index (χ0) is 14.8. The van der Waals surface area contributed by atoms with Crippen molar-refractivity contribution < 1.29 is 0 Å². The molecule has 0 saturated carbocycles. The van der Waals surface area contributed by atoms with Gasteiger partial charge >= 0.3 is 0 Å². The molecule has 1 unspecified atom stereocenters. The Morgan fingerprint density at radius 1 is 0.952 bits per heavy atom. The summed E-state index contributed by atoms with van der Waals surface area (Å²) in [5.74, 6) is 0. The van der Waals surface area contributed by atoms with Gasteiger partial charge < -0.3 is 5.32 Å². The highest BCUT2D eigenvalue weighted by molar-refractivity contribution is 9.10. The maximum atomic E-state index is 6.25. The smallest absolute Gasteiger partial charge is 0.0500 e. The molecule has 1 nitrogen and oxygen atoms in total. The second kappa shape index (κ2) is 6.08. The molecule has 0 saturated heterocycles. The third-order valence-electron chi connectivity index (χ3n) is 3.56. The van der Waals surface area contributed by atoms with Crippen LogP contribution in [-0.2, 0) is 0 Å². The number of rotatable bonds is 3. The van der Waals surface area contributed by atoms with E-state index in [0.29, 0.717) is 0 Å². The molecule has 0 aliphatic heterocycles. The molecule has 0 aliphatic rings. The van der Waals surface area contributed by atoms with Crippen LogP contribution in [0.2, 0.25) is 5.02 Å². The zero-order valence-electron chi connectivity index (χ0n) is 11.6. The van der Waals surface area contributed by atoms with Gasteiger partial charge in [-0.3, -0.25) is 0 Å². The molecule has 3 aromatic rings. The summed E-state index contributed by atoms with van der Waals surface area (Å²) >= 11 is 9.75. The van der Waals surface area contributed by atoms with Gasteiger partial charge in [0.2, 0.25) is 0 Å². The molecule has 3 aromatic carbocycles. The molecular formula is C18H15BrClN. The molecule has 0 aliphatic carbocycles. The summed E-state index contributed by atoms with van der Waals surface area (Å²) in [7, 11) is 0. The average molecular weight is 361 g/mol. The first-order valence-corrected chi connectivity index (χ1v) is 8.01. The van der Waals surface area contributed by atoms with E-state index in [1.807, 2.05) is 18.2 Å². The number of benzene rings is 3. The van der Waals surface area contributed by atoms with Crippen molar-refractivity contribution in [1.29, 1.82) is 0 Å².